The molecule has 2 aromatic carbocycles. The van der Waals surface area contributed by atoms with E-state index in [1.165, 1.54) is 36.4 Å². The van der Waals surface area contributed by atoms with E-state index in [1.807, 2.05) is 0 Å². The monoisotopic (exact) mass is 448 g/mol. The van der Waals surface area contributed by atoms with Gasteiger partial charge in [0.25, 0.3) is 11.4 Å². The van der Waals surface area contributed by atoms with Crippen LogP contribution in [-0.4, -0.2) is 57.7 Å². The zero-order valence-corrected chi connectivity index (χ0v) is 16.6. The minimum Gasteiger partial charge on any atom is -0.394 e. The lowest BCUT2D eigenvalue weighted by atomic mass is 10.00. The lowest BCUT2D eigenvalue weighted by Crippen LogP contribution is -2.57. The van der Waals surface area contributed by atoms with Gasteiger partial charge in [0.05, 0.1) is 23.1 Å². The molecule has 170 valence electrons. The fourth-order valence-electron chi connectivity index (χ4n) is 3.66. The van der Waals surface area contributed by atoms with Gasteiger partial charge < -0.3 is 29.2 Å². The summed E-state index contributed by atoms with van der Waals surface area (Å²) in [6.45, 7) is -0.706. The molecule has 0 aromatic heterocycles. The van der Waals surface area contributed by atoms with Gasteiger partial charge in [-0.3, -0.25) is 20.2 Å². The number of aliphatic hydroxyl groups excluding tert-OH is 2. The zero-order chi connectivity index (χ0) is 22.8. The van der Waals surface area contributed by atoms with E-state index in [4.69, 9.17) is 18.9 Å². The van der Waals surface area contributed by atoms with Crippen LogP contribution in [0.15, 0.2) is 48.5 Å². The number of rotatable bonds is 5. The second-order valence-corrected chi connectivity index (χ2v) is 7.32. The molecule has 2 aromatic rings. The summed E-state index contributed by atoms with van der Waals surface area (Å²) in [6.07, 6.45) is -6.38. The van der Waals surface area contributed by atoms with Crippen molar-refractivity contribution in [2.45, 2.75) is 37.0 Å². The number of fused-ring (bicyclic) bond motifs is 2. The third kappa shape index (κ3) is 4.46. The van der Waals surface area contributed by atoms with Crippen molar-refractivity contribution in [1.29, 1.82) is 0 Å². The summed E-state index contributed by atoms with van der Waals surface area (Å²) >= 11 is 0. The summed E-state index contributed by atoms with van der Waals surface area (Å²) in [6, 6.07) is 11.4. The first-order valence-corrected chi connectivity index (χ1v) is 9.73. The van der Waals surface area contributed by atoms with Crippen LogP contribution in [0.2, 0.25) is 0 Å². The molecule has 0 spiro atoms. The molecule has 2 aliphatic rings. The first kappa shape index (κ1) is 22.2. The smallest absolute Gasteiger partial charge is 0.269 e. The highest BCUT2D eigenvalue weighted by Crippen LogP contribution is 2.37. The van der Waals surface area contributed by atoms with Crippen molar-refractivity contribution < 1.29 is 39.0 Å². The Morgan fingerprint density at radius 1 is 0.906 bits per heavy atom. The second kappa shape index (κ2) is 9.24. The predicted molar refractivity (Wildman–Crippen MR) is 105 cm³/mol. The van der Waals surface area contributed by atoms with E-state index in [0.717, 1.165) is 0 Å². The van der Waals surface area contributed by atoms with E-state index in [-0.39, 0.29) is 18.0 Å². The van der Waals surface area contributed by atoms with Crippen LogP contribution in [0.5, 0.6) is 0 Å². The Balaban J connectivity index is 1.60. The topological polar surface area (TPSA) is 164 Å². The predicted octanol–water partition coefficient (Wildman–Crippen LogP) is 1.75. The largest absolute Gasteiger partial charge is 0.394 e. The van der Waals surface area contributed by atoms with E-state index < -0.39 is 53.4 Å². The van der Waals surface area contributed by atoms with Crippen molar-refractivity contribution in [3.05, 3.63) is 79.9 Å². The van der Waals surface area contributed by atoms with Gasteiger partial charge in [0.15, 0.2) is 12.6 Å². The molecule has 2 N–H and O–H groups in total. The van der Waals surface area contributed by atoms with E-state index >= 15 is 0 Å². The number of aliphatic hydroxyl groups is 2. The van der Waals surface area contributed by atoms with E-state index in [1.54, 1.807) is 12.1 Å². The molecule has 12 nitrogen and oxygen atoms in total. The van der Waals surface area contributed by atoms with Crippen LogP contribution in [-0.2, 0) is 18.9 Å². The fourth-order valence-corrected chi connectivity index (χ4v) is 3.66. The maximum absolute atomic E-state index is 11.1. The highest BCUT2D eigenvalue weighted by atomic mass is 16.8. The molecule has 2 saturated heterocycles. The molecular weight excluding hydrogens is 428 g/mol. The fraction of sp³-hybridized carbons (Fsp3) is 0.400. The zero-order valence-electron chi connectivity index (χ0n) is 16.6. The molecule has 6 atom stereocenters. The molecule has 12 heteroatoms. The number of nitrogens with zero attached hydrogens (tertiary/aromatic N) is 2. The van der Waals surface area contributed by atoms with Gasteiger partial charge in [0, 0.05) is 35.4 Å². The Hall–Kier alpha value is -3.00. The summed E-state index contributed by atoms with van der Waals surface area (Å²) in [7, 11) is 0. The maximum Gasteiger partial charge on any atom is 0.269 e. The van der Waals surface area contributed by atoms with Crippen molar-refractivity contribution in [1.82, 2.24) is 0 Å². The van der Waals surface area contributed by atoms with Crippen LogP contribution in [0, 0.1) is 20.2 Å². The van der Waals surface area contributed by atoms with E-state index in [0.29, 0.717) is 11.1 Å². The minimum absolute atomic E-state index is 0.155. The number of non-ortho nitro benzene ring substituents is 2. The van der Waals surface area contributed by atoms with Gasteiger partial charge in [-0.15, -0.1) is 0 Å². The quantitative estimate of drug-likeness (QED) is 0.509. The third-order valence-electron chi connectivity index (χ3n) is 5.26. The molecule has 32 heavy (non-hydrogen) atoms. The van der Waals surface area contributed by atoms with Gasteiger partial charge in [-0.05, 0) is 0 Å². The maximum atomic E-state index is 11.1. The number of ether oxygens (including phenoxy) is 4. The minimum atomic E-state index is -1.21. The van der Waals surface area contributed by atoms with E-state index in [2.05, 4.69) is 0 Å². The average molecular weight is 448 g/mol. The molecule has 2 heterocycles. The van der Waals surface area contributed by atoms with Crippen LogP contribution in [0.25, 0.3) is 0 Å². The normalized spacial score (nSPS) is 30.2. The highest BCUT2D eigenvalue weighted by Gasteiger charge is 2.46. The van der Waals surface area contributed by atoms with Crippen molar-refractivity contribution in [2.24, 2.45) is 0 Å². The summed E-state index contributed by atoms with van der Waals surface area (Å²) in [5, 5.41) is 42.7. The van der Waals surface area contributed by atoms with Crippen LogP contribution < -0.4 is 0 Å². The second-order valence-electron chi connectivity index (χ2n) is 7.32. The standard InChI is InChI=1S/C20H20N2O10/c23-9-15-18-17(24)16(31-20(32-18)12-4-2-6-14(8-12)22(27)28)10-29-19(30-15)11-3-1-5-13(7-11)21(25)26/h1-8,15-20,23-24H,9-10H2/t15-,16+,17+,18+,19?,20?/m1/s1. The van der Waals surface area contributed by atoms with Crippen molar-refractivity contribution in [2.75, 3.05) is 13.2 Å². The van der Waals surface area contributed by atoms with Crippen LogP contribution in [0.3, 0.4) is 0 Å². The summed E-state index contributed by atoms with van der Waals surface area (Å²) in [5.41, 5.74) is 0.393. The molecule has 0 saturated carbocycles. The van der Waals surface area contributed by atoms with Gasteiger partial charge in [-0.2, -0.15) is 0 Å². The molecule has 2 fully saturated rings. The van der Waals surface area contributed by atoms with E-state index in [9.17, 15) is 30.4 Å². The third-order valence-corrected chi connectivity index (χ3v) is 5.26. The SMILES string of the molecule is O=[N+]([O-])c1cccc(C2O[C@@H]3[C@@H](O)[C@H](COC(c4cccc([N+](=O)[O-])c4)O[C@@H]3CO)O2)c1. The number of nitro groups is 2. The molecule has 0 amide bonds. The first-order valence-electron chi connectivity index (χ1n) is 9.73. The van der Waals surface area contributed by atoms with Crippen LogP contribution >= 0.6 is 0 Å². The average Bonchev–Trinajstić information content (AvgIpc) is 2.80. The van der Waals surface area contributed by atoms with Crippen LogP contribution in [0.1, 0.15) is 23.7 Å². The van der Waals surface area contributed by atoms with Gasteiger partial charge in [-0.25, -0.2) is 0 Å². The number of benzene rings is 2. The number of hydrogen-bond donors (Lipinski definition) is 2. The lowest BCUT2D eigenvalue weighted by Gasteiger charge is -2.45. The van der Waals surface area contributed by atoms with Gasteiger partial charge in [0.1, 0.15) is 24.4 Å². The van der Waals surface area contributed by atoms with Gasteiger partial charge >= 0.3 is 0 Å². The Kier molecular flexibility index (Phi) is 6.41. The Morgan fingerprint density at radius 3 is 2.06 bits per heavy atom. The highest BCUT2D eigenvalue weighted by molar-refractivity contribution is 5.36. The molecular formula is C20H20N2O10. The summed E-state index contributed by atoms with van der Waals surface area (Å²) in [4.78, 5) is 21.1. The molecule has 4 rings (SSSR count). The Labute approximate surface area is 181 Å². The van der Waals surface area contributed by atoms with Crippen LogP contribution in [0.4, 0.5) is 11.4 Å². The molecule has 0 aliphatic carbocycles. The van der Waals surface area contributed by atoms with Gasteiger partial charge in [-0.1, -0.05) is 24.3 Å². The molecule has 2 bridgehead atoms. The lowest BCUT2D eigenvalue weighted by molar-refractivity contribution is -0.385. The first-order chi connectivity index (χ1) is 15.4. The molecule has 0 radical (unpaired) electrons. The molecule has 2 unspecified atom stereocenters. The summed E-state index contributed by atoms with van der Waals surface area (Å²) in [5.74, 6) is 0. The number of nitro benzene ring substituents is 2. The summed E-state index contributed by atoms with van der Waals surface area (Å²) < 4.78 is 23.2. The Bertz CT molecular complexity index is 944. The molecule has 2 aliphatic heterocycles. The number of hydrogen-bond acceptors (Lipinski definition) is 10. The Morgan fingerprint density at radius 2 is 1.50 bits per heavy atom. The van der Waals surface area contributed by atoms with Gasteiger partial charge in [0.2, 0.25) is 0 Å². The van der Waals surface area contributed by atoms with Crippen molar-refractivity contribution in [3.63, 3.8) is 0 Å². The van der Waals surface area contributed by atoms with Crippen molar-refractivity contribution >= 4 is 11.4 Å². The van der Waals surface area contributed by atoms with Crippen molar-refractivity contribution in [3.8, 4) is 0 Å².